The molecule has 0 spiro atoms. The largest absolute Gasteiger partial charge is 0.504 e. The molecule has 0 amide bonds. The molecule has 0 aliphatic carbocycles. The average molecular weight is 259 g/mol. The van der Waals surface area contributed by atoms with Crippen LogP contribution >= 0.6 is 0 Å². The van der Waals surface area contributed by atoms with E-state index >= 15 is 0 Å². The average Bonchev–Trinajstić information content (AvgIpc) is 2.42. The van der Waals surface area contributed by atoms with Gasteiger partial charge < -0.3 is 21.1 Å². The fourth-order valence-electron chi connectivity index (χ4n) is 1.95. The molecule has 0 aliphatic rings. The van der Waals surface area contributed by atoms with E-state index in [0.717, 1.165) is 5.56 Å². The highest BCUT2D eigenvalue weighted by molar-refractivity contribution is 5.41. The van der Waals surface area contributed by atoms with Gasteiger partial charge in [-0.25, -0.2) is 0 Å². The molecule has 0 fully saturated rings. The van der Waals surface area contributed by atoms with E-state index in [-0.39, 0.29) is 11.5 Å². The summed E-state index contributed by atoms with van der Waals surface area (Å²) in [5.74, 6) is -0.437. The number of aliphatic hydroxyl groups excluding tert-OH is 1. The summed E-state index contributed by atoms with van der Waals surface area (Å²) < 4.78 is 0. The lowest BCUT2D eigenvalue weighted by Crippen LogP contribution is -2.28. The van der Waals surface area contributed by atoms with Crippen LogP contribution in [0.4, 0.5) is 0 Å². The summed E-state index contributed by atoms with van der Waals surface area (Å²) in [5.41, 5.74) is 7.54. The predicted molar refractivity (Wildman–Crippen MR) is 72.9 cm³/mol. The Morgan fingerprint density at radius 1 is 0.947 bits per heavy atom. The van der Waals surface area contributed by atoms with Crippen LogP contribution in [-0.4, -0.2) is 21.4 Å². The number of phenolic OH excluding ortho intramolecular Hbond substituents is 2. The fraction of sp³-hybridized carbons (Fsp3) is 0.200. The van der Waals surface area contributed by atoms with Gasteiger partial charge in [-0.3, -0.25) is 0 Å². The molecule has 0 aromatic heterocycles. The lowest BCUT2D eigenvalue weighted by molar-refractivity contribution is 0.145. The van der Waals surface area contributed by atoms with Crippen LogP contribution in [0.15, 0.2) is 48.5 Å². The second-order valence-corrected chi connectivity index (χ2v) is 4.53. The number of phenols is 2. The molecule has 0 radical (unpaired) electrons. The molecule has 2 atom stereocenters. The maximum absolute atomic E-state index is 10.1. The first-order chi connectivity index (χ1) is 9.08. The van der Waals surface area contributed by atoms with Crippen molar-refractivity contribution in [1.82, 2.24) is 0 Å². The third-order valence-electron chi connectivity index (χ3n) is 3.09. The standard InChI is InChI=1S/C15H17NO3/c16-15(11-6-7-12(17)13(18)9-11)14(19)8-10-4-2-1-3-5-10/h1-7,9,14-15,17-19H,8,16H2/t14-,15+/m1/s1. The monoisotopic (exact) mass is 259 g/mol. The van der Waals surface area contributed by atoms with Gasteiger partial charge in [0.1, 0.15) is 0 Å². The van der Waals surface area contributed by atoms with Crippen molar-refractivity contribution in [3.05, 3.63) is 59.7 Å². The summed E-state index contributed by atoms with van der Waals surface area (Å²) in [6.45, 7) is 0. The van der Waals surface area contributed by atoms with Crippen LogP contribution in [0.1, 0.15) is 17.2 Å². The number of hydrogen-bond acceptors (Lipinski definition) is 4. The molecule has 5 N–H and O–H groups in total. The molecular formula is C15H17NO3. The van der Waals surface area contributed by atoms with Crippen LogP contribution in [0, 0.1) is 0 Å². The zero-order valence-electron chi connectivity index (χ0n) is 10.4. The van der Waals surface area contributed by atoms with E-state index in [2.05, 4.69) is 0 Å². The lowest BCUT2D eigenvalue weighted by atomic mass is 9.96. The van der Waals surface area contributed by atoms with Crippen molar-refractivity contribution in [2.45, 2.75) is 18.6 Å². The Morgan fingerprint density at radius 3 is 2.26 bits per heavy atom. The summed E-state index contributed by atoms with van der Waals surface area (Å²) in [6, 6.07) is 13.3. The van der Waals surface area contributed by atoms with Crippen molar-refractivity contribution in [2.24, 2.45) is 5.73 Å². The Labute approximate surface area is 111 Å². The number of hydrogen-bond donors (Lipinski definition) is 4. The van der Waals surface area contributed by atoms with Gasteiger partial charge in [-0.15, -0.1) is 0 Å². The van der Waals surface area contributed by atoms with Crippen molar-refractivity contribution in [2.75, 3.05) is 0 Å². The van der Waals surface area contributed by atoms with E-state index in [9.17, 15) is 15.3 Å². The zero-order chi connectivity index (χ0) is 13.8. The number of aromatic hydroxyl groups is 2. The summed E-state index contributed by atoms with van der Waals surface area (Å²) in [5, 5.41) is 28.8. The summed E-state index contributed by atoms with van der Waals surface area (Å²) in [7, 11) is 0. The van der Waals surface area contributed by atoms with Gasteiger partial charge >= 0.3 is 0 Å². The molecule has 19 heavy (non-hydrogen) atoms. The van der Waals surface area contributed by atoms with Gasteiger partial charge in [0.25, 0.3) is 0 Å². The van der Waals surface area contributed by atoms with E-state index in [1.54, 1.807) is 6.07 Å². The molecule has 0 aliphatic heterocycles. The Morgan fingerprint density at radius 2 is 1.63 bits per heavy atom. The summed E-state index contributed by atoms with van der Waals surface area (Å²) in [4.78, 5) is 0. The van der Waals surface area contributed by atoms with Gasteiger partial charge in [0, 0.05) is 6.42 Å². The minimum Gasteiger partial charge on any atom is -0.504 e. The lowest BCUT2D eigenvalue weighted by Gasteiger charge is -2.19. The number of aliphatic hydroxyl groups is 1. The van der Waals surface area contributed by atoms with Crippen molar-refractivity contribution in [1.29, 1.82) is 0 Å². The smallest absolute Gasteiger partial charge is 0.157 e. The molecule has 2 aromatic carbocycles. The zero-order valence-corrected chi connectivity index (χ0v) is 10.4. The van der Waals surface area contributed by atoms with Crippen LogP contribution in [0.3, 0.4) is 0 Å². The second-order valence-electron chi connectivity index (χ2n) is 4.53. The highest BCUT2D eigenvalue weighted by Gasteiger charge is 2.18. The number of benzene rings is 2. The van der Waals surface area contributed by atoms with Crippen LogP contribution in [-0.2, 0) is 6.42 Å². The molecule has 0 saturated carbocycles. The quantitative estimate of drug-likeness (QED) is 0.629. The first kappa shape index (κ1) is 13.4. The Bertz CT molecular complexity index is 542. The minimum absolute atomic E-state index is 0.200. The third kappa shape index (κ3) is 3.24. The highest BCUT2D eigenvalue weighted by atomic mass is 16.3. The predicted octanol–water partition coefficient (Wildman–Crippen LogP) is 1.70. The van der Waals surface area contributed by atoms with Gasteiger partial charge in [0.05, 0.1) is 12.1 Å². The maximum atomic E-state index is 10.1. The van der Waals surface area contributed by atoms with Crippen LogP contribution < -0.4 is 5.73 Å². The van der Waals surface area contributed by atoms with E-state index in [4.69, 9.17) is 5.73 Å². The molecular weight excluding hydrogens is 242 g/mol. The van der Waals surface area contributed by atoms with Crippen molar-refractivity contribution in [3.8, 4) is 11.5 Å². The van der Waals surface area contributed by atoms with Gasteiger partial charge in [-0.05, 0) is 23.3 Å². The molecule has 0 heterocycles. The fourth-order valence-corrected chi connectivity index (χ4v) is 1.95. The van der Waals surface area contributed by atoms with E-state index in [1.807, 2.05) is 30.3 Å². The van der Waals surface area contributed by atoms with E-state index in [0.29, 0.717) is 12.0 Å². The van der Waals surface area contributed by atoms with Crippen molar-refractivity contribution >= 4 is 0 Å². The first-order valence-electron chi connectivity index (χ1n) is 6.07. The van der Waals surface area contributed by atoms with Crippen molar-refractivity contribution < 1.29 is 15.3 Å². The van der Waals surface area contributed by atoms with Gasteiger partial charge in [-0.1, -0.05) is 36.4 Å². The van der Waals surface area contributed by atoms with Gasteiger partial charge in [0.15, 0.2) is 11.5 Å². The highest BCUT2D eigenvalue weighted by Crippen LogP contribution is 2.28. The second kappa shape index (κ2) is 5.73. The Hall–Kier alpha value is -2.04. The minimum atomic E-state index is -0.758. The summed E-state index contributed by atoms with van der Waals surface area (Å²) in [6.07, 6.45) is -0.324. The topological polar surface area (TPSA) is 86.7 Å². The maximum Gasteiger partial charge on any atom is 0.157 e. The van der Waals surface area contributed by atoms with E-state index < -0.39 is 12.1 Å². The van der Waals surface area contributed by atoms with Crippen LogP contribution in [0.25, 0.3) is 0 Å². The molecule has 4 heteroatoms. The van der Waals surface area contributed by atoms with Crippen LogP contribution in [0.2, 0.25) is 0 Å². The van der Waals surface area contributed by atoms with Crippen molar-refractivity contribution in [3.63, 3.8) is 0 Å². The molecule has 0 saturated heterocycles. The Balaban J connectivity index is 2.10. The number of rotatable bonds is 4. The molecule has 100 valence electrons. The molecule has 4 nitrogen and oxygen atoms in total. The van der Waals surface area contributed by atoms with Gasteiger partial charge in [-0.2, -0.15) is 0 Å². The molecule has 2 rings (SSSR count). The first-order valence-corrected chi connectivity index (χ1v) is 6.07. The normalized spacial score (nSPS) is 14.0. The molecule has 0 bridgehead atoms. The Kier molecular flexibility index (Phi) is 4.04. The third-order valence-corrected chi connectivity index (χ3v) is 3.09. The SMILES string of the molecule is N[C@@H](c1ccc(O)c(O)c1)[C@H](O)Cc1ccccc1. The number of nitrogens with two attached hydrogens (primary N) is 1. The molecule has 2 aromatic rings. The van der Waals surface area contributed by atoms with Gasteiger partial charge in [0.2, 0.25) is 0 Å². The van der Waals surface area contributed by atoms with Crippen LogP contribution in [0.5, 0.6) is 11.5 Å². The summed E-state index contributed by atoms with van der Waals surface area (Å²) >= 11 is 0. The molecule has 0 unspecified atom stereocenters. The van der Waals surface area contributed by atoms with E-state index in [1.165, 1.54) is 12.1 Å².